The van der Waals surface area contributed by atoms with E-state index in [-0.39, 0.29) is 31.3 Å². The van der Waals surface area contributed by atoms with Gasteiger partial charge in [0.25, 0.3) is 5.91 Å². The molecule has 0 saturated carbocycles. The van der Waals surface area contributed by atoms with Crippen LogP contribution in [-0.4, -0.2) is 30.9 Å². The van der Waals surface area contributed by atoms with Crippen molar-refractivity contribution >= 4 is 23.4 Å². The normalized spacial score (nSPS) is 10.4. The third-order valence-electron chi connectivity index (χ3n) is 4.52. The highest BCUT2D eigenvalue weighted by Crippen LogP contribution is 2.27. The van der Waals surface area contributed by atoms with Crippen LogP contribution in [0.3, 0.4) is 0 Å². The van der Waals surface area contributed by atoms with E-state index in [0.29, 0.717) is 23.8 Å². The molecule has 0 aromatic heterocycles. The van der Waals surface area contributed by atoms with Crippen LogP contribution in [-0.2, 0) is 14.4 Å². The Morgan fingerprint density at radius 1 is 0.875 bits per heavy atom. The van der Waals surface area contributed by atoms with E-state index in [1.165, 1.54) is 0 Å². The van der Waals surface area contributed by atoms with Crippen LogP contribution in [0.15, 0.2) is 42.5 Å². The summed E-state index contributed by atoms with van der Waals surface area (Å²) in [5.41, 5.74) is 7.24. The molecule has 2 aromatic rings. The van der Waals surface area contributed by atoms with E-state index in [1.807, 2.05) is 45.9 Å². The van der Waals surface area contributed by atoms with Gasteiger partial charge in [-0.2, -0.15) is 0 Å². The van der Waals surface area contributed by atoms with E-state index in [0.717, 1.165) is 11.1 Å². The Labute approximate surface area is 188 Å². The number of hydrogen-bond donors (Lipinski definition) is 3. The van der Waals surface area contributed by atoms with E-state index in [4.69, 9.17) is 9.47 Å². The summed E-state index contributed by atoms with van der Waals surface area (Å²) in [7, 11) is 0. The van der Waals surface area contributed by atoms with Crippen molar-refractivity contribution in [3.8, 4) is 11.5 Å². The molecular formula is C24H31N3O5. The number of aryl methyl sites for hydroxylation is 1. The predicted octanol–water partition coefficient (Wildman–Crippen LogP) is 3.46. The Hall–Kier alpha value is -3.55. The number of hydrazine groups is 1. The first-order chi connectivity index (χ1) is 15.3. The number of carbonyl (C=O) groups excluding carboxylic acids is 3. The summed E-state index contributed by atoms with van der Waals surface area (Å²) in [5, 5.41) is 2.71. The zero-order valence-electron chi connectivity index (χ0n) is 19.0. The highest BCUT2D eigenvalue weighted by molar-refractivity contribution is 5.93. The molecule has 0 bridgehead atoms. The van der Waals surface area contributed by atoms with Gasteiger partial charge in [-0.1, -0.05) is 26.0 Å². The SMILES string of the molecule is CCOc1ccc(NC(=O)CCC(=O)NNC(=O)COc2cc(C)ccc2C(C)C)cc1. The van der Waals surface area contributed by atoms with Gasteiger partial charge < -0.3 is 14.8 Å². The minimum Gasteiger partial charge on any atom is -0.494 e. The van der Waals surface area contributed by atoms with Gasteiger partial charge >= 0.3 is 0 Å². The van der Waals surface area contributed by atoms with E-state index < -0.39 is 11.8 Å². The molecule has 0 radical (unpaired) electrons. The van der Waals surface area contributed by atoms with Crippen molar-refractivity contribution < 1.29 is 23.9 Å². The van der Waals surface area contributed by atoms with Crippen LogP contribution < -0.4 is 25.6 Å². The number of amides is 3. The van der Waals surface area contributed by atoms with E-state index in [9.17, 15) is 14.4 Å². The van der Waals surface area contributed by atoms with Gasteiger partial charge in [-0.25, -0.2) is 0 Å². The van der Waals surface area contributed by atoms with E-state index in [2.05, 4.69) is 16.2 Å². The van der Waals surface area contributed by atoms with Gasteiger partial charge in [-0.15, -0.1) is 0 Å². The number of rotatable bonds is 10. The monoisotopic (exact) mass is 441 g/mol. The van der Waals surface area contributed by atoms with Crippen molar-refractivity contribution in [3.63, 3.8) is 0 Å². The van der Waals surface area contributed by atoms with Crippen molar-refractivity contribution in [2.45, 2.75) is 46.5 Å². The molecule has 8 nitrogen and oxygen atoms in total. The Morgan fingerprint density at radius 3 is 2.19 bits per heavy atom. The summed E-state index contributed by atoms with van der Waals surface area (Å²) < 4.78 is 11.0. The van der Waals surface area contributed by atoms with Gasteiger partial charge in [0.15, 0.2) is 6.61 Å². The summed E-state index contributed by atoms with van der Waals surface area (Å²) in [4.78, 5) is 35.9. The lowest BCUT2D eigenvalue weighted by molar-refractivity contribution is -0.130. The lowest BCUT2D eigenvalue weighted by atomic mass is 10.0. The van der Waals surface area contributed by atoms with E-state index in [1.54, 1.807) is 24.3 Å². The second-order valence-corrected chi connectivity index (χ2v) is 7.59. The maximum Gasteiger partial charge on any atom is 0.276 e. The van der Waals surface area contributed by atoms with Crippen LogP contribution >= 0.6 is 0 Å². The Balaban J connectivity index is 1.69. The van der Waals surface area contributed by atoms with Crippen LogP contribution in [0.4, 0.5) is 5.69 Å². The molecule has 172 valence electrons. The molecule has 0 spiro atoms. The van der Waals surface area contributed by atoms with Crippen LogP contribution in [0.5, 0.6) is 11.5 Å². The first kappa shape index (κ1) is 24.7. The zero-order chi connectivity index (χ0) is 23.5. The third kappa shape index (κ3) is 8.29. The van der Waals surface area contributed by atoms with E-state index >= 15 is 0 Å². The van der Waals surface area contributed by atoms with Crippen LogP contribution in [0, 0.1) is 6.92 Å². The van der Waals surface area contributed by atoms with Gasteiger partial charge in [0.1, 0.15) is 11.5 Å². The summed E-state index contributed by atoms with van der Waals surface area (Å²) in [6, 6.07) is 12.8. The second kappa shape index (κ2) is 12.3. The molecule has 0 aliphatic carbocycles. The molecule has 3 N–H and O–H groups in total. The summed E-state index contributed by atoms with van der Waals surface area (Å²) in [6.45, 7) is 8.26. The fourth-order valence-electron chi connectivity index (χ4n) is 2.88. The molecule has 0 saturated heterocycles. The largest absolute Gasteiger partial charge is 0.494 e. The first-order valence-electron chi connectivity index (χ1n) is 10.6. The van der Waals surface area contributed by atoms with Crippen molar-refractivity contribution in [3.05, 3.63) is 53.6 Å². The molecule has 0 atom stereocenters. The Morgan fingerprint density at radius 2 is 1.53 bits per heavy atom. The average molecular weight is 442 g/mol. The number of benzene rings is 2. The minimum atomic E-state index is -0.492. The fourth-order valence-corrected chi connectivity index (χ4v) is 2.88. The number of anilines is 1. The standard InChI is InChI=1S/C24H31N3O5/c1-5-31-19-9-7-18(8-10-19)25-22(28)12-13-23(29)26-27-24(30)15-32-21-14-17(4)6-11-20(21)16(2)3/h6-11,14,16H,5,12-13,15H2,1-4H3,(H,25,28)(H,26,29)(H,27,30). The number of nitrogens with one attached hydrogen (secondary N) is 3. The van der Waals surface area contributed by atoms with Crippen LogP contribution in [0.2, 0.25) is 0 Å². The van der Waals surface area contributed by atoms with Gasteiger partial charge in [0, 0.05) is 18.5 Å². The first-order valence-corrected chi connectivity index (χ1v) is 10.6. The number of hydrogen-bond acceptors (Lipinski definition) is 5. The molecule has 32 heavy (non-hydrogen) atoms. The summed E-state index contributed by atoms with van der Waals surface area (Å²) >= 11 is 0. The molecule has 8 heteroatoms. The predicted molar refractivity (Wildman–Crippen MR) is 123 cm³/mol. The Bertz CT molecular complexity index is 926. The van der Waals surface area contributed by atoms with Crippen molar-refractivity contribution in [2.24, 2.45) is 0 Å². The zero-order valence-corrected chi connectivity index (χ0v) is 19.0. The third-order valence-corrected chi connectivity index (χ3v) is 4.52. The molecular weight excluding hydrogens is 410 g/mol. The van der Waals surface area contributed by atoms with Gasteiger partial charge in [0.2, 0.25) is 11.8 Å². The second-order valence-electron chi connectivity index (χ2n) is 7.59. The van der Waals surface area contributed by atoms with Crippen LogP contribution in [0.25, 0.3) is 0 Å². The Kier molecular flexibility index (Phi) is 9.53. The maximum absolute atomic E-state index is 12.0. The minimum absolute atomic E-state index is 0.0214. The molecule has 0 aliphatic heterocycles. The fraction of sp³-hybridized carbons (Fsp3) is 0.375. The van der Waals surface area contributed by atoms with Gasteiger partial charge in [-0.05, 0) is 61.2 Å². The molecule has 0 heterocycles. The molecule has 2 aromatic carbocycles. The number of ether oxygens (including phenoxy) is 2. The van der Waals surface area contributed by atoms with Gasteiger partial charge in [-0.3, -0.25) is 25.2 Å². The average Bonchev–Trinajstić information content (AvgIpc) is 2.76. The smallest absolute Gasteiger partial charge is 0.276 e. The quantitative estimate of drug-likeness (QED) is 0.490. The van der Waals surface area contributed by atoms with Crippen LogP contribution in [0.1, 0.15) is 50.7 Å². The van der Waals surface area contributed by atoms with Crippen molar-refractivity contribution in [1.82, 2.24) is 10.9 Å². The topological polar surface area (TPSA) is 106 Å². The van der Waals surface area contributed by atoms with Crippen molar-refractivity contribution in [2.75, 3.05) is 18.5 Å². The van der Waals surface area contributed by atoms with Gasteiger partial charge in [0.05, 0.1) is 6.61 Å². The highest BCUT2D eigenvalue weighted by Gasteiger charge is 2.12. The molecule has 0 unspecified atom stereocenters. The lowest BCUT2D eigenvalue weighted by Crippen LogP contribution is -2.44. The highest BCUT2D eigenvalue weighted by atomic mass is 16.5. The molecule has 0 fully saturated rings. The lowest BCUT2D eigenvalue weighted by Gasteiger charge is -2.15. The summed E-state index contributed by atoms with van der Waals surface area (Å²) in [5.74, 6) is 0.341. The molecule has 0 aliphatic rings. The maximum atomic E-state index is 12.0. The van der Waals surface area contributed by atoms with Crippen molar-refractivity contribution in [1.29, 1.82) is 0 Å². The summed E-state index contributed by atoms with van der Waals surface area (Å²) in [6.07, 6.45) is -0.0914. The molecule has 3 amide bonds. The number of carbonyl (C=O) groups is 3. The molecule has 2 rings (SSSR count).